The predicted octanol–water partition coefficient (Wildman–Crippen LogP) is 3.56. The van der Waals surface area contributed by atoms with Crippen LogP contribution in [0.5, 0.6) is 0 Å². The second-order valence-corrected chi connectivity index (χ2v) is 9.14. The number of fused-ring (bicyclic) bond motifs is 1. The number of nitrogens with two attached hydrogens (primary N) is 2. The molecule has 0 heterocycles. The molecule has 0 aromatic heterocycles. The van der Waals surface area contributed by atoms with Crippen LogP contribution in [0, 0.1) is 11.8 Å². The first-order valence-electron chi connectivity index (χ1n) is 9.31. The molecular weight excluding hydrogens is 267 g/mol. The van der Waals surface area contributed by atoms with E-state index in [2.05, 4.69) is 42.5 Å². The van der Waals surface area contributed by atoms with Gasteiger partial charge in [0.05, 0.1) is 0 Å². The maximum atomic E-state index is 7.01. The van der Waals surface area contributed by atoms with Gasteiger partial charge in [-0.25, -0.2) is 0 Å². The van der Waals surface area contributed by atoms with E-state index in [0.717, 1.165) is 25.2 Å². The normalized spacial score (nSPS) is 44.3. The molecule has 126 valence electrons. The summed E-state index contributed by atoms with van der Waals surface area (Å²) in [4.78, 5) is 0. The van der Waals surface area contributed by atoms with Crippen molar-refractivity contribution >= 4 is 7.85 Å². The summed E-state index contributed by atoms with van der Waals surface area (Å²) < 4.78 is 0. The van der Waals surface area contributed by atoms with Crippen LogP contribution in [-0.2, 0) is 0 Å². The third kappa shape index (κ3) is 2.80. The molecule has 2 saturated carbocycles. The van der Waals surface area contributed by atoms with Crippen molar-refractivity contribution in [2.24, 2.45) is 23.3 Å². The monoisotopic (exact) mass is 304 g/mol. The van der Waals surface area contributed by atoms with Gasteiger partial charge in [0.1, 0.15) is 7.85 Å². The van der Waals surface area contributed by atoms with Crippen molar-refractivity contribution in [1.82, 2.24) is 0 Å². The molecule has 0 amide bonds. The molecule has 0 spiro atoms. The predicted molar refractivity (Wildman–Crippen MR) is 99.8 cm³/mol. The summed E-state index contributed by atoms with van der Waals surface area (Å²) in [6.45, 7) is 11.5. The molecule has 4 atom stereocenters. The smallest absolute Gasteiger partial charge is 0.117 e. The molecule has 0 bridgehead atoms. The van der Waals surface area contributed by atoms with Gasteiger partial charge in [-0.15, -0.1) is 0 Å². The molecule has 2 rings (SSSR count). The minimum absolute atomic E-state index is 0.116. The van der Waals surface area contributed by atoms with Crippen molar-refractivity contribution in [3.63, 3.8) is 0 Å². The summed E-state index contributed by atoms with van der Waals surface area (Å²) in [5.74, 6) is 1.18. The molecule has 2 fully saturated rings. The van der Waals surface area contributed by atoms with E-state index in [0.29, 0.717) is 5.92 Å². The Bertz CT molecular complexity index is 454. The van der Waals surface area contributed by atoms with Gasteiger partial charge in [-0.2, -0.15) is 0 Å². The van der Waals surface area contributed by atoms with Gasteiger partial charge < -0.3 is 11.5 Å². The Labute approximate surface area is 138 Å². The van der Waals surface area contributed by atoms with Crippen molar-refractivity contribution in [2.75, 3.05) is 0 Å². The zero-order chi connectivity index (χ0) is 16.8. The van der Waals surface area contributed by atoms with E-state index in [1.165, 1.54) is 25.7 Å². The van der Waals surface area contributed by atoms with E-state index in [1.807, 2.05) is 0 Å². The molecule has 0 saturated heterocycles. The summed E-state index contributed by atoms with van der Waals surface area (Å²) in [5, 5.41) is 0.160. The van der Waals surface area contributed by atoms with Crippen LogP contribution in [0.2, 0.25) is 5.31 Å². The SMILES string of the molecule is BC12CC[C@@](C)(N)[C@@H](C)[C@]1(N)CC/C2=C(/C)CCCC(C)C. The molecule has 0 radical (unpaired) electrons. The summed E-state index contributed by atoms with van der Waals surface area (Å²) >= 11 is 0. The van der Waals surface area contributed by atoms with Crippen molar-refractivity contribution in [1.29, 1.82) is 0 Å². The van der Waals surface area contributed by atoms with Crippen LogP contribution in [0.25, 0.3) is 0 Å². The van der Waals surface area contributed by atoms with E-state index in [4.69, 9.17) is 11.5 Å². The van der Waals surface area contributed by atoms with E-state index in [1.54, 1.807) is 11.1 Å². The molecule has 0 aromatic rings. The van der Waals surface area contributed by atoms with E-state index >= 15 is 0 Å². The second-order valence-electron chi connectivity index (χ2n) is 9.14. The third-order valence-corrected chi connectivity index (χ3v) is 7.26. The highest BCUT2D eigenvalue weighted by molar-refractivity contribution is 6.19. The fourth-order valence-corrected chi connectivity index (χ4v) is 5.18. The quantitative estimate of drug-likeness (QED) is 0.616. The van der Waals surface area contributed by atoms with Crippen LogP contribution < -0.4 is 11.5 Å². The standard InChI is InChI=1S/C19H37BN2/c1-13(2)7-6-8-14(3)16-9-10-19(22)15(4)17(5,21)11-12-18(16,19)20/h13,15H,6-12,20-22H2,1-5H3/b16-14+/t15-,17-,18?,19-/m1/s1. The van der Waals surface area contributed by atoms with Crippen LogP contribution in [0.15, 0.2) is 11.1 Å². The number of hydrogen-bond acceptors (Lipinski definition) is 2. The van der Waals surface area contributed by atoms with Crippen LogP contribution in [-0.4, -0.2) is 18.9 Å². The lowest BCUT2D eigenvalue weighted by Gasteiger charge is -2.56. The van der Waals surface area contributed by atoms with Crippen LogP contribution >= 0.6 is 0 Å². The van der Waals surface area contributed by atoms with Gasteiger partial charge in [0.2, 0.25) is 0 Å². The zero-order valence-electron chi connectivity index (χ0n) is 15.8. The van der Waals surface area contributed by atoms with E-state index < -0.39 is 0 Å². The van der Waals surface area contributed by atoms with Gasteiger partial charge in [-0.1, -0.05) is 38.3 Å². The maximum Gasteiger partial charge on any atom is 0.117 e. The van der Waals surface area contributed by atoms with Crippen LogP contribution in [0.3, 0.4) is 0 Å². The first kappa shape index (κ1) is 18.1. The minimum Gasteiger partial charge on any atom is -0.325 e. The zero-order valence-corrected chi connectivity index (χ0v) is 15.8. The van der Waals surface area contributed by atoms with Crippen molar-refractivity contribution in [3.8, 4) is 0 Å². The molecule has 0 aromatic carbocycles. The van der Waals surface area contributed by atoms with E-state index in [-0.39, 0.29) is 16.4 Å². The Kier molecular flexibility index (Phi) is 4.91. The van der Waals surface area contributed by atoms with Crippen molar-refractivity contribution in [3.05, 3.63) is 11.1 Å². The molecule has 2 nitrogen and oxygen atoms in total. The van der Waals surface area contributed by atoms with Crippen molar-refractivity contribution < 1.29 is 0 Å². The Morgan fingerprint density at radius 1 is 1.27 bits per heavy atom. The van der Waals surface area contributed by atoms with Crippen LogP contribution in [0.1, 0.15) is 79.6 Å². The maximum absolute atomic E-state index is 7.01. The third-order valence-electron chi connectivity index (χ3n) is 7.26. The highest BCUT2D eigenvalue weighted by atomic mass is 14.9. The molecule has 4 N–H and O–H groups in total. The summed E-state index contributed by atoms with van der Waals surface area (Å²) in [5.41, 5.74) is 16.6. The molecule has 22 heavy (non-hydrogen) atoms. The minimum atomic E-state index is -0.122. The largest absolute Gasteiger partial charge is 0.325 e. The van der Waals surface area contributed by atoms with Gasteiger partial charge in [-0.05, 0) is 69.5 Å². The molecule has 2 aliphatic rings. The Morgan fingerprint density at radius 2 is 1.91 bits per heavy atom. The van der Waals surface area contributed by atoms with Gasteiger partial charge in [0.15, 0.2) is 0 Å². The Hall–Kier alpha value is -0.275. The average Bonchev–Trinajstić information content (AvgIpc) is 2.69. The lowest BCUT2D eigenvalue weighted by molar-refractivity contribution is 0.0970. The number of rotatable bonds is 4. The summed E-state index contributed by atoms with van der Waals surface area (Å²) in [6.07, 6.45) is 8.41. The highest BCUT2D eigenvalue weighted by Gasteiger charge is 2.60. The molecule has 3 heteroatoms. The van der Waals surface area contributed by atoms with E-state index in [9.17, 15) is 0 Å². The summed E-state index contributed by atoms with van der Waals surface area (Å²) in [7, 11) is 2.42. The molecule has 2 aliphatic carbocycles. The fourth-order valence-electron chi connectivity index (χ4n) is 5.18. The van der Waals surface area contributed by atoms with Gasteiger partial charge in [0, 0.05) is 11.1 Å². The number of hydrogen-bond donors (Lipinski definition) is 2. The topological polar surface area (TPSA) is 52.0 Å². The number of allylic oxidation sites excluding steroid dienone is 1. The van der Waals surface area contributed by atoms with Crippen molar-refractivity contribution in [2.45, 2.75) is 96.0 Å². The Morgan fingerprint density at radius 3 is 2.50 bits per heavy atom. The van der Waals surface area contributed by atoms with Gasteiger partial charge in [-0.3, -0.25) is 0 Å². The van der Waals surface area contributed by atoms with Gasteiger partial charge in [0.25, 0.3) is 0 Å². The lowest BCUT2D eigenvalue weighted by Crippen LogP contribution is -2.66. The summed E-state index contributed by atoms with van der Waals surface area (Å²) in [6, 6.07) is 0. The van der Waals surface area contributed by atoms with Gasteiger partial charge >= 0.3 is 0 Å². The molecular formula is C19H37BN2. The second kappa shape index (κ2) is 5.98. The molecule has 0 aliphatic heterocycles. The highest BCUT2D eigenvalue weighted by Crippen LogP contribution is 2.64. The Balaban J connectivity index is 2.24. The molecule has 1 unspecified atom stereocenters. The average molecular weight is 304 g/mol. The van der Waals surface area contributed by atoms with Crippen LogP contribution in [0.4, 0.5) is 0 Å². The first-order valence-corrected chi connectivity index (χ1v) is 9.31. The lowest BCUT2D eigenvalue weighted by atomic mass is 9.45. The fraction of sp³-hybridized carbons (Fsp3) is 0.895. The first-order chi connectivity index (χ1) is 10.0.